The summed E-state index contributed by atoms with van der Waals surface area (Å²) in [6, 6.07) is 5.31. The highest BCUT2D eigenvalue weighted by molar-refractivity contribution is 7.91. The summed E-state index contributed by atoms with van der Waals surface area (Å²) < 4.78 is 42.7. The van der Waals surface area contributed by atoms with Gasteiger partial charge in [0.1, 0.15) is 28.5 Å². The lowest BCUT2D eigenvalue weighted by atomic mass is 10.1. The first-order valence-corrected chi connectivity index (χ1v) is 9.28. The fourth-order valence-electron chi connectivity index (χ4n) is 2.93. The summed E-state index contributed by atoms with van der Waals surface area (Å²) in [5.41, 5.74) is -2.14. The largest absolute Gasteiger partial charge is 0.444 e. The van der Waals surface area contributed by atoms with Crippen molar-refractivity contribution in [2.75, 3.05) is 6.26 Å². The fraction of sp³-hybridized carbons (Fsp3) is 0.500. The topological polar surface area (TPSA) is 89.5 Å². The number of ether oxygens (including phenoxy) is 1. The Hall–Kier alpha value is -1.96. The minimum absolute atomic E-state index is 0.327. The van der Waals surface area contributed by atoms with Crippen molar-refractivity contribution in [2.45, 2.75) is 43.1 Å². The number of hydrogen-bond donors (Lipinski definition) is 1. The quantitative estimate of drug-likeness (QED) is 0.830. The summed E-state index contributed by atoms with van der Waals surface area (Å²) in [5, 5.41) is 1.20. The van der Waals surface area contributed by atoms with Gasteiger partial charge in [0.05, 0.1) is 0 Å². The Morgan fingerprint density at radius 2 is 2.00 bits per heavy atom. The number of aldehydes is 1. The summed E-state index contributed by atoms with van der Waals surface area (Å²) in [6.07, 6.45) is 0.464. The first kappa shape index (κ1) is 18.4. The second-order valence-electron chi connectivity index (χ2n) is 6.96. The van der Waals surface area contributed by atoms with E-state index in [-0.39, 0.29) is 0 Å². The van der Waals surface area contributed by atoms with Crippen LogP contribution >= 0.6 is 0 Å². The standard InChI is InChI=1S/C16H20FNO5S/c1-15(2,3)23-14(20)18-16(9-19)12(13(16)24(4,21)22)10-6-5-7-11(17)8-10/h5-9,12-13H,1-4H3,(H,18,20). The number of nitrogens with one attached hydrogen (secondary N) is 1. The van der Waals surface area contributed by atoms with Crippen LogP contribution in [0.5, 0.6) is 0 Å². The predicted molar refractivity (Wildman–Crippen MR) is 85.9 cm³/mol. The molecular formula is C16H20FNO5S. The van der Waals surface area contributed by atoms with E-state index in [1.54, 1.807) is 20.8 Å². The van der Waals surface area contributed by atoms with Gasteiger partial charge >= 0.3 is 6.09 Å². The van der Waals surface area contributed by atoms with Crippen molar-refractivity contribution in [3.63, 3.8) is 0 Å². The van der Waals surface area contributed by atoms with Crippen LogP contribution in [-0.2, 0) is 19.4 Å². The van der Waals surface area contributed by atoms with E-state index in [2.05, 4.69) is 5.32 Å². The molecule has 0 heterocycles. The fourth-order valence-corrected chi connectivity index (χ4v) is 4.69. The first-order chi connectivity index (χ1) is 10.9. The first-order valence-electron chi connectivity index (χ1n) is 7.32. The molecule has 0 bridgehead atoms. The van der Waals surface area contributed by atoms with Crippen LogP contribution in [0.25, 0.3) is 0 Å². The Kier molecular flexibility index (Phi) is 4.47. The van der Waals surface area contributed by atoms with E-state index >= 15 is 0 Å². The molecule has 24 heavy (non-hydrogen) atoms. The number of sulfone groups is 1. The molecule has 8 heteroatoms. The number of halogens is 1. The van der Waals surface area contributed by atoms with Crippen LogP contribution in [0.15, 0.2) is 24.3 Å². The Balaban J connectivity index is 2.38. The third-order valence-corrected chi connectivity index (χ3v) is 5.35. The van der Waals surface area contributed by atoms with Gasteiger partial charge in [0.25, 0.3) is 0 Å². The number of carbonyl (C=O) groups is 2. The molecule has 3 unspecified atom stereocenters. The molecule has 1 amide bonds. The molecule has 0 aliphatic heterocycles. The van der Waals surface area contributed by atoms with Crippen molar-refractivity contribution in [3.05, 3.63) is 35.6 Å². The molecule has 0 saturated heterocycles. The van der Waals surface area contributed by atoms with Crippen LogP contribution in [0.4, 0.5) is 9.18 Å². The van der Waals surface area contributed by atoms with Crippen LogP contribution in [0, 0.1) is 5.82 Å². The molecule has 2 rings (SSSR count). The van der Waals surface area contributed by atoms with Crippen molar-refractivity contribution >= 4 is 22.2 Å². The monoisotopic (exact) mass is 357 g/mol. The zero-order chi connectivity index (χ0) is 18.3. The van der Waals surface area contributed by atoms with E-state index in [4.69, 9.17) is 4.74 Å². The van der Waals surface area contributed by atoms with Crippen molar-refractivity contribution in [1.29, 1.82) is 0 Å². The average molecular weight is 357 g/mol. The smallest absolute Gasteiger partial charge is 0.408 e. The van der Waals surface area contributed by atoms with Gasteiger partial charge in [-0.1, -0.05) is 12.1 Å². The van der Waals surface area contributed by atoms with E-state index < -0.39 is 44.1 Å². The van der Waals surface area contributed by atoms with Gasteiger partial charge in [0.2, 0.25) is 0 Å². The van der Waals surface area contributed by atoms with Crippen molar-refractivity contribution in [2.24, 2.45) is 0 Å². The summed E-state index contributed by atoms with van der Waals surface area (Å²) in [6.45, 7) is 4.93. The highest BCUT2D eigenvalue weighted by atomic mass is 32.2. The van der Waals surface area contributed by atoms with E-state index in [0.29, 0.717) is 11.8 Å². The van der Waals surface area contributed by atoms with Crippen LogP contribution < -0.4 is 5.32 Å². The summed E-state index contributed by atoms with van der Waals surface area (Å²) >= 11 is 0. The van der Waals surface area contributed by atoms with Gasteiger partial charge in [-0.25, -0.2) is 17.6 Å². The Labute approximate surface area is 140 Å². The summed E-state index contributed by atoms with van der Waals surface area (Å²) in [7, 11) is -3.67. The molecule has 0 spiro atoms. The molecule has 1 aromatic rings. The maximum Gasteiger partial charge on any atom is 0.408 e. The second kappa shape index (κ2) is 5.84. The summed E-state index contributed by atoms with van der Waals surface area (Å²) in [4.78, 5) is 23.7. The second-order valence-corrected chi connectivity index (χ2v) is 9.13. The highest BCUT2D eigenvalue weighted by Gasteiger charge is 2.72. The number of benzene rings is 1. The van der Waals surface area contributed by atoms with Crippen molar-refractivity contribution in [1.82, 2.24) is 5.32 Å². The molecule has 1 aliphatic carbocycles. The number of amides is 1. The molecular weight excluding hydrogens is 337 g/mol. The normalized spacial score (nSPS) is 26.5. The molecule has 0 aromatic heterocycles. The van der Waals surface area contributed by atoms with Gasteiger partial charge in [-0.3, -0.25) is 0 Å². The van der Waals surface area contributed by atoms with Crippen LogP contribution in [0.2, 0.25) is 0 Å². The lowest BCUT2D eigenvalue weighted by molar-refractivity contribution is -0.110. The SMILES string of the molecule is CC(C)(C)OC(=O)NC1(C=O)C(c2cccc(F)c2)C1S(C)(=O)=O. The van der Waals surface area contributed by atoms with Crippen LogP contribution in [0.3, 0.4) is 0 Å². The van der Waals surface area contributed by atoms with E-state index in [0.717, 1.165) is 12.3 Å². The minimum atomic E-state index is -3.67. The molecule has 132 valence electrons. The molecule has 1 aromatic carbocycles. The Bertz CT molecular complexity index is 771. The van der Waals surface area contributed by atoms with Crippen LogP contribution in [-0.4, -0.2) is 43.4 Å². The maximum atomic E-state index is 13.5. The van der Waals surface area contributed by atoms with Crippen LogP contribution in [0.1, 0.15) is 32.3 Å². The van der Waals surface area contributed by atoms with Gasteiger partial charge in [-0.2, -0.15) is 0 Å². The molecule has 6 nitrogen and oxygen atoms in total. The third-order valence-electron chi connectivity index (χ3n) is 3.76. The van der Waals surface area contributed by atoms with Crippen molar-refractivity contribution in [3.8, 4) is 0 Å². The Morgan fingerprint density at radius 1 is 1.38 bits per heavy atom. The molecule has 1 N–H and O–H groups in total. The number of hydrogen-bond acceptors (Lipinski definition) is 5. The molecule has 1 aliphatic rings. The molecule has 1 fully saturated rings. The predicted octanol–water partition coefficient (Wildman–Crippen LogP) is 1.80. The molecule has 1 saturated carbocycles. The van der Waals surface area contributed by atoms with E-state index in [1.807, 2.05) is 0 Å². The number of rotatable bonds is 4. The van der Waals surface area contributed by atoms with E-state index in [1.165, 1.54) is 18.2 Å². The maximum absolute atomic E-state index is 13.5. The van der Waals surface area contributed by atoms with E-state index in [9.17, 15) is 22.4 Å². The average Bonchev–Trinajstić information content (AvgIpc) is 3.05. The number of carbonyl (C=O) groups excluding carboxylic acids is 2. The Morgan fingerprint density at radius 3 is 2.46 bits per heavy atom. The lowest BCUT2D eigenvalue weighted by Gasteiger charge is -2.22. The van der Waals surface area contributed by atoms with Gasteiger partial charge in [0, 0.05) is 12.2 Å². The van der Waals surface area contributed by atoms with Gasteiger partial charge < -0.3 is 14.8 Å². The lowest BCUT2D eigenvalue weighted by Crippen LogP contribution is -2.45. The van der Waals surface area contributed by atoms with Gasteiger partial charge in [-0.05, 0) is 38.5 Å². The zero-order valence-electron chi connectivity index (χ0n) is 13.9. The number of alkyl carbamates (subject to hydrolysis) is 1. The zero-order valence-corrected chi connectivity index (χ0v) is 14.7. The third kappa shape index (κ3) is 3.58. The molecule has 0 radical (unpaired) electrons. The minimum Gasteiger partial charge on any atom is -0.444 e. The summed E-state index contributed by atoms with van der Waals surface area (Å²) in [5.74, 6) is -1.42. The van der Waals surface area contributed by atoms with Gasteiger partial charge in [-0.15, -0.1) is 0 Å². The van der Waals surface area contributed by atoms with Crippen molar-refractivity contribution < 1.29 is 27.1 Å². The molecule has 3 atom stereocenters. The highest BCUT2D eigenvalue weighted by Crippen LogP contribution is 2.54. The van der Waals surface area contributed by atoms with Gasteiger partial charge in [0.15, 0.2) is 9.84 Å².